The first-order chi connectivity index (χ1) is 30.4. The van der Waals surface area contributed by atoms with Gasteiger partial charge in [-0.1, -0.05) is 54.6 Å². The molecule has 6 aromatic rings. The highest BCUT2D eigenvalue weighted by Gasteiger charge is 2.46. The van der Waals surface area contributed by atoms with Gasteiger partial charge in [0.15, 0.2) is 15.7 Å². The zero-order valence-electron chi connectivity index (χ0n) is 36.3. The van der Waals surface area contributed by atoms with E-state index in [-0.39, 0.29) is 61.0 Å². The van der Waals surface area contributed by atoms with Crippen LogP contribution in [0.1, 0.15) is 37.5 Å². The number of benzene rings is 5. The van der Waals surface area contributed by atoms with Crippen molar-refractivity contribution in [2.75, 3.05) is 45.9 Å². The van der Waals surface area contributed by atoms with Crippen LogP contribution in [0.15, 0.2) is 113 Å². The molecule has 0 saturated carbocycles. The number of carbonyl (C=O) groups excluding carboxylic acids is 1. The van der Waals surface area contributed by atoms with E-state index in [1.165, 1.54) is 40.2 Å². The maximum absolute atomic E-state index is 16.1. The van der Waals surface area contributed by atoms with Gasteiger partial charge in [0.2, 0.25) is 10.0 Å². The van der Waals surface area contributed by atoms with Gasteiger partial charge in [0.25, 0.3) is 0 Å². The molecule has 1 saturated heterocycles. The van der Waals surface area contributed by atoms with Crippen molar-refractivity contribution in [1.82, 2.24) is 29.4 Å². The molecule has 2 heterocycles. The molecule has 19 heteroatoms. The fourth-order valence-corrected chi connectivity index (χ4v) is 11.3. The molecule has 1 aromatic heterocycles. The maximum atomic E-state index is 16.1. The second-order valence-electron chi connectivity index (χ2n) is 16.2. The minimum atomic E-state index is -4.93. The number of sulfone groups is 1. The monoisotopic (exact) mass is 910 g/mol. The number of sulfonamides is 1. The van der Waals surface area contributed by atoms with E-state index in [9.17, 15) is 4.79 Å². The van der Waals surface area contributed by atoms with Crippen LogP contribution < -0.4 is 25.7 Å². The van der Waals surface area contributed by atoms with Crippen LogP contribution in [0.5, 0.6) is 17.2 Å². The topological polar surface area (TPSA) is 224 Å². The molecule has 0 bridgehead atoms. The summed E-state index contributed by atoms with van der Waals surface area (Å²) in [5, 5.41) is 11.5. The summed E-state index contributed by atoms with van der Waals surface area (Å²) in [6.45, 7) is 4.28. The summed E-state index contributed by atoms with van der Waals surface area (Å²) in [4.78, 5) is 13.2. The third-order valence-corrected chi connectivity index (χ3v) is 14.8. The van der Waals surface area contributed by atoms with Crippen molar-refractivity contribution in [1.29, 1.82) is 0 Å². The Labute approximate surface area is 372 Å². The van der Waals surface area contributed by atoms with E-state index in [0.29, 0.717) is 33.9 Å². The van der Waals surface area contributed by atoms with Crippen LogP contribution in [0.3, 0.4) is 0 Å². The summed E-state index contributed by atoms with van der Waals surface area (Å²) in [6, 6.07) is 28.5. The zero-order chi connectivity index (χ0) is 46.0. The quantitative estimate of drug-likeness (QED) is 0.112. The van der Waals surface area contributed by atoms with Gasteiger partial charge in [-0.15, -0.1) is 5.10 Å². The third kappa shape index (κ3) is 9.46. The average molecular weight is 911 g/mol. The summed E-state index contributed by atoms with van der Waals surface area (Å²) in [7, 11) is -4.91. The van der Waals surface area contributed by atoms with Crippen molar-refractivity contribution in [3.05, 3.63) is 120 Å². The molecule has 0 unspecified atom stereocenters. The highest BCUT2D eigenvalue weighted by atomic mass is 32.2. The molecular weight excluding hydrogens is 861 g/mol. The van der Waals surface area contributed by atoms with Crippen molar-refractivity contribution in [2.45, 2.75) is 61.0 Å². The van der Waals surface area contributed by atoms with Crippen molar-refractivity contribution < 1.29 is 40.6 Å². The van der Waals surface area contributed by atoms with Crippen LogP contribution in [-0.2, 0) is 44.2 Å². The molecule has 1 fully saturated rings. The minimum absolute atomic E-state index is 0.0452. The number of anilines is 2. The number of tetrazole rings is 1. The van der Waals surface area contributed by atoms with Crippen LogP contribution in [0, 0.1) is 0 Å². The lowest BCUT2D eigenvalue weighted by Gasteiger charge is -2.39. The Kier molecular flexibility index (Phi) is 12.9. The van der Waals surface area contributed by atoms with Gasteiger partial charge in [-0.25, -0.2) is 26.3 Å². The van der Waals surface area contributed by atoms with Crippen LogP contribution in [0.25, 0.3) is 22.5 Å². The Morgan fingerprint density at radius 2 is 1.27 bits per heavy atom. The van der Waals surface area contributed by atoms with E-state index in [1.54, 1.807) is 119 Å². The van der Waals surface area contributed by atoms with Crippen LogP contribution in [-0.4, -0.2) is 97.6 Å². The predicted molar refractivity (Wildman–Crippen MR) is 241 cm³/mol. The Hall–Kier alpha value is -6.70. The first-order valence-corrected chi connectivity index (χ1v) is 23.1. The number of methoxy groups -OCH3 is 3. The molecule has 336 valence electrons. The molecule has 7 rings (SSSR count). The number of rotatable bonds is 15. The lowest BCUT2D eigenvalue weighted by Crippen LogP contribution is -2.57. The van der Waals surface area contributed by atoms with Crippen molar-refractivity contribution in [3.63, 3.8) is 0 Å². The minimum Gasteiger partial charge on any atom is -0.497 e. The first kappa shape index (κ1) is 45.3. The van der Waals surface area contributed by atoms with Gasteiger partial charge in [0.05, 0.1) is 49.7 Å². The van der Waals surface area contributed by atoms with Gasteiger partial charge >= 0.3 is 6.09 Å². The summed E-state index contributed by atoms with van der Waals surface area (Å²) in [5.74, 6) is 1.66. The molecular formula is C45H50N8O9S2. The molecule has 0 aliphatic carbocycles. The maximum Gasteiger partial charge on any atom is 0.410 e. The average Bonchev–Trinajstić information content (AvgIpc) is 3.71. The zero-order valence-corrected chi connectivity index (χ0v) is 37.9. The van der Waals surface area contributed by atoms with E-state index >= 15 is 16.8 Å². The van der Waals surface area contributed by atoms with Gasteiger partial charge in [0, 0.05) is 31.7 Å². The highest BCUT2D eigenvalue weighted by molar-refractivity contribution is 7.94. The highest BCUT2D eigenvalue weighted by Crippen LogP contribution is 2.45. The standard InChI is InChI=1S/C45H50N8O9S2/c1-45(2,3)62-44(54)51-27-35(28-51)63(55,56)39-23-22-36(37-8-7-9-38(46)41(37)47)40(43-48-49-50-53(43)26-31-14-20-34(61-6)21-15-31)42(39)64(57,58)52(24-29-10-16-32(59-4)17-11-29)25-30-12-18-33(60-5)19-13-30/h7-23,35H,24-28,46-47H2,1-6H3. The van der Waals surface area contributed by atoms with Gasteiger partial charge in [-0.2, -0.15) is 4.31 Å². The lowest BCUT2D eigenvalue weighted by molar-refractivity contribution is 0.0139. The van der Waals surface area contributed by atoms with E-state index in [1.807, 2.05) is 0 Å². The lowest BCUT2D eigenvalue weighted by atomic mass is 9.97. The van der Waals surface area contributed by atoms with E-state index in [2.05, 4.69) is 15.5 Å². The molecule has 1 amide bonds. The number of aromatic nitrogens is 4. The number of hydrogen-bond acceptors (Lipinski definition) is 14. The molecule has 1 aliphatic heterocycles. The van der Waals surface area contributed by atoms with Gasteiger partial charge < -0.3 is 35.3 Å². The Morgan fingerprint density at radius 1 is 0.734 bits per heavy atom. The van der Waals surface area contributed by atoms with Gasteiger partial charge in [0.1, 0.15) is 33.0 Å². The molecule has 0 radical (unpaired) electrons. The normalized spacial score (nSPS) is 13.4. The summed E-state index contributed by atoms with van der Waals surface area (Å²) in [5.41, 5.74) is 14.8. The van der Waals surface area contributed by atoms with Gasteiger partial charge in [-0.3, -0.25) is 0 Å². The number of amides is 1. The Morgan fingerprint density at radius 3 is 1.78 bits per heavy atom. The second-order valence-corrected chi connectivity index (χ2v) is 20.2. The predicted octanol–water partition coefficient (Wildman–Crippen LogP) is 6.03. The van der Waals surface area contributed by atoms with Crippen molar-refractivity contribution >= 4 is 37.3 Å². The molecule has 64 heavy (non-hydrogen) atoms. The number of ether oxygens (including phenoxy) is 4. The summed E-state index contributed by atoms with van der Waals surface area (Å²) in [6.07, 6.45) is -0.692. The Bertz CT molecular complexity index is 2810. The summed E-state index contributed by atoms with van der Waals surface area (Å²) >= 11 is 0. The van der Waals surface area contributed by atoms with Crippen LogP contribution >= 0.6 is 0 Å². The molecule has 0 spiro atoms. The van der Waals surface area contributed by atoms with Crippen molar-refractivity contribution in [3.8, 4) is 39.8 Å². The fourth-order valence-electron chi connectivity index (χ4n) is 7.22. The van der Waals surface area contributed by atoms with Crippen molar-refractivity contribution in [2.24, 2.45) is 0 Å². The second kappa shape index (κ2) is 18.2. The number of nitrogen functional groups attached to an aromatic ring is 2. The fraction of sp³-hybridized carbons (Fsp3) is 0.289. The van der Waals surface area contributed by atoms with Crippen LogP contribution in [0.4, 0.5) is 16.2 Å². The van der Waals surface area contributed by atoms with E-state index in [0.717, 1.165) is 5.56 Å². The van der Waals surface area contributed by atoms with Crippen LogP contribution in [0.2, 0.25) is 0 Å². The number of nitrogens with two attached hydrogens (primary N) is 2. The number of para-hydroxylation sites is 1. The first-order valence-electron chi connectivity index (χ1n) is 20.1. The summed E-state index contributed by atoms with van der Waals surface area (Å²) < 4.78 is 86.6. The molecule has 17 nitrogen and oxygen atoms in total. The van der Waals surface area contributed by atoms with Gasteiger partial charge in [-0.05, 0) is 102 Å². The number of carbonyl (C=O) groups is 1. The Balaban J connectivity index is 1.49. The molecule has 4 N–H and O–H groups in total. The molecule has 1 aliphatic rings. The largest absolute Gasteiger partial charge is 0.497 e. The SMILES string of the molecule is COc1ccc(CN(Cc2ccc(OC)cc2)S(=O)(=O)c2c(S(=O)(=O)C3CN(C(=O)OC(C)(C)C)C3)ccc(-c3cccc(N)c3N)c2-c2nnnn2Cc2ccc(OC)cc2)cc1. The number of likely N-dealkylation sites (tertiary alicyclic amines) is 1. The number of nitrogens with zero attached hydrogens (tertiary/aromatic N) is 6. The molecule has 0 atom stereocenters. The third-order valence-electron chi connectivity index (χ3n) is 10.7. The van der Waals surface area contributed by atoms with E-state index < -0.39 is 46.6 Å². The molecule has 5 aromatic carbocycles. The number of hydrogen-bond donors (Lipinski definition) is 2. The smallest absolute Gasteiger partial charge is 0.410 e. The van der Waals surface area contributed by atoms with E-state index in [4.69, 9.17) is 30.4 Å².